The van der Waals surface area contributed by atoms with Crippen molar-refractivity contribution in [2.75, 3.05) is 0 Å². The second-order valence-corrected chi connectivity index (χ2v) is 4.88. The van der Waals surface area contributed by atoms with Crippen LogP contribution in [0.5, 0.6) is 0 Å². The van der Waals surface area contributed by atoms with Crippen molar-refractivity contribution in [1.29, 1.82) is 0 Å². The predicted octanol–water partition coefficient (Wildman–Crippen LogP) is 2.15. The topological polar surface area (TPSA) is 50.9 Å². The lowest BCUT2D eigenvalue weighted by molar-refractivity contribution is 0.491. The zero-order chi connectivity index (χ0) is 11.9. The number of aryl methyl sites for hydroxylation is 1. The Morgan fingerprint density at radius 2 is 2.29 bits per heavy atom. The summed E-state index contributed by atoms with van der Waals surface area (Å²) in [7, 11) is 0. The minimum Gasteiger partial charge on any atom is -0.271 e. The molecule has 0 fully saturated rings. The van der Waals surface area contributed by atoms with Gasteiger partial charge in [-0.15, -0.1) is 0 Å². The Morgan fingerprint density at radius 3 is 2.94 bits per heavy atom. The van der Waals surface area contributed by atoms with Crippen LogP contribution in [0.15, 0.2) is 41.4 Å². The molecule has 0 saturated heterocycles. The van der Waals surface area contributed by atoms with Gasteiger partial charge in [-0.2, -0.15) is 11.3 Å². The zero-order valence-corrected chi connectivity index (χ0v) is 10.5. The molecule has 0 saturated carbocycles. The van der Waals surface area contributed by atoms with Crippen LogP contribution in [0.4, 0.5) is 0 Å². The normalized spacial score (nSPS) is 12.5. The highest BCUT2D eigenvalue weighted by Crippen LogP contribution is 2.11. The standard InChI is InChI=1S/C13H17N3S/c14-16-13(4-3-11-5-7-17-10-11)8-12-2-1-6-15-9-12/h1-2,5-7,9-10,13,16H,3-4,8,14H2. The summed E-state index contributed by atoms with van der Waals surface area (Å²) >= 11 is 1.74. The van der Waals surface area contributed by atoms with Crippen molar-refractivity contribution in [1.82, 2.24) is 10.4 Å². The van der Waals surface area contributed by atoms with Gasteiger partial charge in [0.1, 0.15) is 0 Å². The average molecular weight is 247 g/mol. The number of nitrogens with two attached hydrogens (primary N) is 1. The van der Waals surface area contributed by atoms with E-state index in [1.165, 1.54) is 11.1 Å². The summed E-state index contributed by atoms with van der Waals surface area (Å²) in [5, 5.41) is 4.30. The fraction of sp³-hybridized carbons (Fsp3) is 0.308. The lowest BCUT2D eigenvalue weighted by Crippen LogP contribution is -2.37. The van der Waals surface area contributed by atoms with Crippen molar-refractivity contribution in [2.45, 2.75) is 25.3 Å². The van der Waals surface area contributed by atoms with Crippen LogP contribution in [0.25, 0.3) is 0 Å². The molecule has 1 unspecified atom stereocenters. The molecule has 0 aliphatic rings. The average Bonchev–Trinajstić information content (AvgIpc) is 2.89. The highest BCUT2D eigenvalue weighted by molar-refractivity contribution is 7.07. The zero-order valence-electron chi connectivity index (χ0n) is 9.67. The van der Waals surface area contributed by atoms with Gasteiger partial charge in [0.15, 0.2) is 0 Å². The smallest absolute Gasteiger partial charge is 0.0300 e. The van der Waals surface area contributed by atoms with E-state index in [-0.39, 0.29) is 0 Å². The Labute approximate surface area is 106 Å². The van der Waals surface area contributed by atoms with Crippen molar-refractivity contribution in [3.8, 4) is 0 Å². The molecule has 0 aromatic carbocycles. The van der Waals surface area contributed by atoms with Crippen molar-refractivity contribution >= 4 is 11.3 Å². The highest BCUT2D eigenvalue weighted by atomic mass is 32.1. The second-order valence-electron chi connectivity index (χ2n) is 4.10. The molecule has 2 aromatic rings. The second kappa shape index (κ2) is 6.49. The number of rotatable bonds is 6. The minimum atomic E-state index is 0.305. The summed E-state index contributed by atoms with van der Waals surface area (Å²) in [5.74, 6) is 5.59. The largest absolute Gasteiger partial charge is 0.271 e. The van der Waals surface area contributed by atoms with E-state index in [0.29, 0.717) is 6.04 Å². The molecule has 3 N–H and O–H groups in total. The van der Waals surface area contributed by atoms with Gasteiger partial charge in [0, 0.05) is 18.4 Å². The molecule has 0 aliphatic carbocycles. The number of nitrogens with one attached hydrogen (secondary N) is 1. The number of hydrogen-bond donors (Lipinski definition) is 2. The lowest BCUT2D eigenvalue weighted by Gasteiger charge is -2.15. The molecule has 2 aromatic heterocycles. The summed E-state index contributed by atoms with van der Waals surface area (Å²) in [6, 6.07) is 6.52. The Balaban J connectivity index is 1.85. The molecule has 0 spiro atoms. The maximum atomic E-state index is 5.59. The Bertz CT molecular complexity index is 413. The first kappa shape index (κ1) is 12.2. The van der Waals surface area contributed by atoms with Gasteiger partial charge in [-0.05, 0) is 53.3 Å². The van der Waals surface area contributed by atoms with E-state index in [0.717, 1.165) is 19.3 Å². The summed E-state index contributed by atoms with van der Waals surface area (Å²) in [6.45, 7) is 0. The molecule has 3 nitrogen and oxygen atoms in total. The maximum absolute atomic E-state index is 5.59. The quantitative estimate of drug-likeness (QED) is 0.607. The number of thiophene rings is 1. The molecule has 0 amide bonds. The predicted molar refractivity (Wildman–Crippen MR) is 71.7 cm³/mol. The van der Waals surface area contributed by atoms with E-state index in [9.17, 15) is 0 Å². The van der Waals surface area contributed by atoms with E-state index in [1.54, 1.807) is 17.5 Å². The number of hydrazine groups is 1. The Hall–Kier alpha value is -1.23. The molecular weight excluding hydrogens is 230 g/mol. The first-order valence-electron chi connectivity index (χ1n) is 5.74. The van der Waals surface area contributed by atoms with Crippen molar-refractivity contribution < 1.29 is 0 Å². The lowest BCUT2D eigenvalue weighted by atomic mass is 10.0. The molecule has 1 atom stereocenters. The van der Waals surface area contributed by atoms with E-state index >= 15 is 0 Å². The Kier molecular flexibility index (Phi) is 4.67. The molecule has 2 heterocycles. The maximum Gasteiger partial charge on any atom is 0.0300 e. The van der Waals surface area contributed by atoms with Crippen LogP contribution in [0.3, 0.4) is 0 Å². The van der Waals surface area contributed by atoms with Gasteiger partial charge in [0.05, 0.1) is 0 Å². The van der Waals surface area contributed by atoms with Crippen molar-refractivity contribution in [3.05, 3.63) is 52.5 Å². The summed E-state index contributed by atoms with van der Waals surface area (Å²) in [5.41, 5.74) is 5.50. The highest BCUT2D eigenvalue weighted by Gasteiger charge is 2.08. The molecule has 90 valence electrons. The van der Waals surface area contributed by atoms with Gasteiger partial charge in [-0.3, -0.25) is 16.3 Å². The number of pyridine rings is 1. The van der Waals surface area contributed by atoms with E-state index in [2.05, 4.69) is 33.3 Å². The summed E-state index contributed by atoms with van der Waals surface area (Å²) < 4.78 is 0. The molecular formula is C13H17N3S. The first-order valence-corrected chi connectivity index (χ1v) is 6.69. The molecule has 17 heavy (non-hydrogen) atoms. The van der Waals surface area contributed by atoms with E-state index < -0.39 is 0 Å². The third-order valence-electron chi connectivity index (χ3n) is 2.80. The molecule has 0 bridgehead atoms. The van der Waals surface area contributed by atoms with Gasteiger partial charge in [-0.25, -0.2) is 0 Å². The van der Waals surface area contributed by atoms with Crippen LogP contribution in [-0.2, 0) is 12.8 Å². The summed E-state index contributed by atoms with van der Waals surface area (Å²) in [6.07, 6.45) is 6.73. The monoisotopic (exact) mass is 247 g/mol. The number of aromatic nitrogens is 1. The molecule has 0 radical (unpaired) electrons. The van der Waals surface area contributed by atoms with Gasteiger partial charge < -0.3 is 0 Å². The number of hydrogen-bond acceptors (Lipinski definition) is 4. The Morgan fingerprint density at radius 1 is 1.35 bits per heavy atom. The van der Waals surface area contributed by atoms with E-state index in [1.807, 2.05) is 12.3 Å². The van der Waals surface area contributed by atoms with Crippen molar-refractivity contribution in [2.24, 2.45) is 5.84 Å². The minimum absolute atomic E-state index is 0.305. The SMILES string of the molecule is NNC(CCc1ccsc1)Cc1cccnc1. The van der Waals surface area contributed by atoms with Gasteiger partial charge >= 0.3 is 0 Å². The van der Waals surface area contributed by atoms with Gasteiger partial charge in [-0.1, -0.05) is 6.07 Å². The third-order valence-corrected chi connectivity index (χ3v) is 3.53. The van der Waals surface area contributed by atoms with Crippen LogP contribution in [0, 0.1) is 0 Å². The van der Waals surface area contributed by atoms with Crippen LogP contribution in [0.2, 0.25) is 0 Å². The molecule has 4 heteroatoms. The van der Waals surface area contributed by atoms with Crippen LogP contribution < -0.4 is 11.3 Å². The van der Waals surface area contributed by atoms with Gasteiger partial charge in [0.2, 0.25) is 0 Å². The van der Waals surface area contributed by atoms with Crippen molar-refractivity contribution in [3.63, 3.8) is 0 Å². The fourth-order valence-corrected chi connectivity index (χ4v) is 2.53. The van der Waals surface area contributed by atoms with E-state index in [4.69, 9.17) is 5.84 Å². The van der Waals surface area contributed by atoms with Crippen LogP contribution in [0.1, 0.15) is 17.5 Å². The number of nitrogens with zero attached hydrogens (tertiary/aromatic N) is 1. The molecule has 0 aliphatic heterocycles. The van der Waals surface area contributed by atoms with Gasteiger partial charge in [0.25, 0.3) is 0 Å². The first-order chi connectivity index (χ1) is 8.38. The molecule has 2 rings (SSSR count). The fourth-order valence-electron chi connectivity index (χ4n) is 1.82. The van der Waals surface area contributed by atoms with Crippen LogP contribution in [-0.4, -0.2) is 11.0 Å². The third kappa shape index (κ3) is 3.93. The van der Waals surface area contributed by atoms with Crippen LogP contribution >= 0.6 is 11.3 Å². The summed E-state index contributed by atoms with van der Waals surface area (Å²) in [4.78, 5) is 4.12.